The van der Waals surface area contributed by atoms with E-state index in [0.29, 0.717) is 11.3 Å². The van der Waals surface area contributed by atoms with Crippen molar-refractivity contribution in [1.29, 1.82) is 0 Å². The number of nitrogens with one attached hydrogen (secondary N) is 2. The summed E-state index contributed by atoms with van der Waals surface area (Å²) >= 11 is 0. The Morgan fingerprint density at radius 1 is 0.897 bits per heavy atom. The van der Waals surface area contributed by atoms with Crippen LogP contribution in [0, 0.1) is 0 Å². The molecule has 0 bridgehead atoms. The minimum absolute atomic E-state index is 0.389. The van der Waals surface area contributed by atoms with E-state index in [2.05, 4.69) is 26.4 Å². The lowest BCUT2D eigenvalue weighted by molar-refractivity contribution is -0.117. The van der Waals surface area contributed by atoms with Gasteiger partial charge in [-0.2, -0.15) is 0 Å². The van der Waals surface area contributed by atoms with Crippen molar-refractivity contribution in [3.63, 3.8) is 0 Å². The molecule has 2 N–H and O–H groups in total. The van der Waals surface area contributed by atoms with E-state index in [1.54, 1.807) is 30.3 Å². The van der Waals surface area contributed by atoms with E-state index in [1.165, 1.54) is 17.1 Å². The molecule has 0 radical (unpaired) electrons. The van der Waals surface area contributed by atoms with Gasteiger partial charge >= 0.3 is 0 Å². The summed E-state index contributed by atoms with van der Waals surface area (Å²) in [6, 6.07) is 20.4. The van der Waals surface area contributed by atoms with Crippen molar-refractivity contribution in [3.05, 3.63) is 90.3 Å². The smallest absolute Gasteiger partial charge is 0.268 e. The summed E-state index contributed by atoms with van der Waals surface area (Å²) < 4.78 is 1.47. The first-order valence-corrected chi connectivity index (χ1v) is 8.80. The number of aromatic nitrogens is 4. The minimum atomic E-state index is -0.434. The Labute approximate surface area is 165 Å². The molecule has 142 valence electrons. The average molecular weight is 384 g/mol. The van der Waals surface area contributed by atoms with Crippen LogP contribution >= 0.6 is 0 Å². The zero-order valence-corrected chi connectivity index (χ0v) is 15.2. The standard InChI is InChI=1S/C21H16N6O2/c28-20(13-10-16-6-3-5-15-4-1-2-7-19(15)16)23-24-21(29)17-8-11-18(12-9-17)27-14-22-25-26-27/h1-14H,(H,23,28)(H,24,29)/b13-10+. The summed E-state index contributed by atoms with van der Waals surface area (Å²) in [5.41, 5.74) is 6.79. The minimum Gasteiger partial charge on any atom is -0.268 e. The average Bonchev–Trinajstić information content (AvgIpc) is 3.31. The first kappa shape index (κ1) is 18.1. The molecule has 29 heavy (non-hydrogen) atoms. The molecule has 0 atom stereocenters. The number of hydrazine groups is 1. The quantitative estimate of drug-likeness (QED) is 0.415. The lowest BCUT2D eigenvalue weighted by Gasteiger charge is -2.06. The number of carbonyl (C=O) groups excluding carboxylic acids is 2. The van der Waals surface area contributed by atoms with Crippen molar-refractivity contribution in [1.82, 2.24) is 31.1 Å². The molecule has 0 saturated carbocycles. The number of fused-ring (bicyclic) bond motifs is 1. The predicted molar refractivity (Wildman–Crippen MR) is 108 cm³/mol. The van der Waals surface area contributed by atoms with Crippen LogP contribution in [-0.2, 0) is 4.79 Å². The van der Waals surface area contributed by atoms with Gasteiger partial charge in [0.1, 0.15) is 6.33 Å². The number of nitrogens with zero attached hydrogens (tertiary/aromatic N) is 4. The largest absolute Gasteiger partial charge is 0.269 e. The van der Waals surface area contributed by atoms with E-state index in [0.717, 1.165) is 16.3 Å². The van der Waals surface area contributed by atoms with E-state index < -0.39 is 11.8 Å². The predicted octanol–water partition coefficient (Wildman–Crippen LogP) is 2.29. The van der Waals surface area contributed by atoms with Crippen LogP contribution in [0.5, 0.6) is 0 Å². The molecule has 0 fully saturated rings. The number of amides is 2. The molecular weight excluding hydrogens is 368 g/mol. The van der Waals surface area contributed by atoms with E-state index in [1.807, 2.05) is 42.5 Å². The van der Waals surface area contributed by atoms with Gasteiger partial charge in [0.2, 0.25) is 0 Å². The van der Waals surface area contributed by atoms with Crippen LogP contribution in [0.15, 0.2) is 79.1 Å². The highest BCUT2D eigenvalue weighted by atomic mass is 16.2. The highest BCUT2D eigenvalue weighted by Crippen LogP contribution is 2.19. The Kier molecular flexibility index (Phi) is 5.06. The topological polar surface area (TPSA) is 102 Å². The van der Waals surface area contributed by atoms with E-state index in [4.69, 9.17) is 0 Å². The van der Waals surface area contributed by atoms with Crippen molar-refractivity contribution in [2.75, 3.05) is 0 Å². The van der Waals surface area contributed by atoms with Crippen molar-refractivity contribution in [3.8, 4) is 5.69 Å². The van der Waals surface area contributed by atoms with E-state index >= 15 is 0 Å². The maximum atomic E-state index is 12.2. The molecule has 8 nitrogen and oxygen atoms in total. The second kappa shape index (κ2) is 8.13. The van der Waals surface area contributed by atoms with Gasteiger partial charge in [0.05, 0.1) is 5.69 Å². The number of carbonyl (C=O) groups is 2. The second-order valence-electron chi connectivity index (χ2n) is 6.15. The van der Waals surface area contributed by atoms with E-state index in [-0.39, 0.29) is 0 Å². The molecule has 0 aliphatic rings. The monoisotopic (exact) mass is 384 g/mol. The third-order valence-electron chi connectivity index (χ3n) is 4.28. The second-order valence-corrected chi connectivity index (χ2v) is 6.15. The Morgan fingerprint density at radius 3 is 2.48 bits per heavy atom. The van der Waals surface area contributed by atoms with Crippen LogP contribution in [0.2, 0.25) is 0 Å². The molecule has 1 heterocycles. The van der Waals surface area contributed by atoms with Crippen molar-refractivity contribution < 1.29 is 9.59 Å². The molecule has 0 aliphatic heterocycles. The molecule has 0 unspecified atom stereocenters. The number of rotatable bonds is 4. The van der Waals surface area contributed by atoms with Gasteiger partial charge in [-0.05, 0) is 57.1 Å². The van der Waals surface area contributed by atoms with E-state index in [9.17, 15) is 9.59 Å². The zero-order valence-electron chi connectivity index (χ0n) is 15.2. The molecule has 3 aromatic carbocycles. The Hall–Kier alpha value is -4.33. The Balaban J connectivity index is 1.36. The van der Waals surface area contributed by atoms with Gasteiger partial charge in [-0.15, -0.1) is 5.10 Å². The normalized spacial score (nSPS) is 10.9. The summed E-state index contributed by atoms with van der Waals surface area (Å²) in [5, 5.41) is 13.0. The fraction of sp³-hybridized carbons (Fsp3) is 0. The summed E-state index contributed by atoms with van der Waals surface area (Å²) in [5.74, 6) is -0.864. The third kappa shape index (κ3) is 4.16. The highest BCUT2D eigenvalue weighted by molar-refractivity contribution is 5.99. The molecule has 0 spiro atoms. The highest BCUT2D eigenvalue weighted by Gasteiger charge is 2.07. The van der Waals surface area contributed by atoms with Crippen molar-refractivity contribution >= 4 is 28.7 Å². The Morgan fingerprint density at radius 2 is 1.69 bits per heavy atom. The molecule has 4 rings (SSSR count). The number of hydrogen-bond donors (Lipinski definition) is 2. The summed E-state index contributed by atoms with van der Waals surface area (Å²) in [7, 11) is 0. The van der Waals surface area contributed by atoms with Crippen LogP contribution in [0.1, 0.15) is 15.9 Å². The fourth-order valence-corrected chi connectivity index (χ4v) is 2.84. The fourth-order valence-electron chi connectivity index (χ4n) is 2.84. The van der Waals surface area contributed by atoms with Crippen LogP contribution in [0.4, 0.5) is 0 Å². The summed E-state index contributed by atoms with van der Waals surface area (Å²) in [6.45, 7) is 0. The van der Waals surface area contributed by atoms with Gasteiger partial charge in [-0.3, -0.25) is 20.4 Å². The van der Waals surface area contributed by atoms with Gasteiger partial charge < -0.3 is 0 Å². The Bertz CT molecular complexity index is 1180. The van der Waals surface area contributed by atoms with Gasteiger partial charge in [-0.1, -0.05) is 42.5 Å². The van der Waals surface area contributed by atoms with Gasteiger partial charge in [0.25, 0.3) is 11.8 Å². The molecule has 4 aromatic rings. The maximum absolute atomic E-state index is 12.2. The van der Waals surface area contributed by atoms with Gasteiger partial charge in [-0.25, -0.2) is 4.68 Å². The lowest BCUT2D eigenvalue weighted by atomic mass is 10.0. The molecular formula is C21H16N6O2. The third-order valence-corrected chi connectivity index (χ3v) is 4.28. The lowest BCUT2D eigenvalue weighted by Crippen LogP contribution is -2.40. The number of benzene rings is 3. The first-order chi connectivity index (χ1) is 14.2. The van der Waals surface area contributed by atoms with Crippen LogP contribution in [0.25, 0.3) is 22.5 Å². The number of hydrogen-bond acceptors (Lipinski definition) is 5. The molecule has 8 heteroatoms. The first-order valence-electron chi connectivity index (χ1n) is 8.80. The SMILES string of the molecule is O=C(/C=C/c1cccc2ccccc12)NNC(=O)c1ccc(-n2cnnn2)cc1. The summed E-state index contributed by atoms with van der Waals surface area (Å²) in [6.07, 6.45) is 4.55. The van der Waals surface area contributed by atoms with Crippen molar-refractivity contribution in [2.24, 2.45) is 0 Å². The maximum Gasteiger partial charge on any atom is 0.269 e. The van der Waals surface area contributed by atoms with Crippen LogP contribution in [-0.4, -0.2) is 32.0 Å². The molecule has 2 amide bonds. The van der Waals surface area contributed by atoms with Crippen molar-refractivity contribution in [2.45, 2.75) is 0 Å². The van der Waals surface area contributed by atoms with Crippen LogP contribution < -0.4 is 10.9 Å². The molecule has 0 aliphatic carbocycles. The summed E-state index contributed by atoms with van der Waals surface area (Å²) in [4.78, 5) is 24.3. The van der Waals surface area contributed by atoms with Gasteiger partial charge in [0.15, 0.2) is 0 Å². The number of tetrazole rings is 1. The zero-order chi connectivity index (χ0) is 20.1. The van der Waals surface area contributed by atoms with Crippen LogP contribution in [0.3, 0.4) is 0 Å². The molecule has 0 saturated heterocycles. The molecule has 1 aromatic heterocycles. The van der Waals surface area contributed by atoms with Gasteiger partial charge in [0, 0.05) is 11.6 Å².